The van der Waals surface area contributed by atoms with Gasteiger partial charge in [-0.15, -0.1) is 0 Å². The van der Waals surface area contributed by atoms with Crippen molar-refractivity contribution in [2.24, 2.45) is 0 Å². The van der Waals surface area contributed by atoms with E-state index in [-0.39, 0.29) is 18.4 Å². The Morgan fingerprint density at radius 1 is 0.523 bits per heavy atom. The Hall–Kier alpha value is -1.42. The van der Waals surface area contributed by atoms with Crippen LogP contribution in [0.4, 0.5) is 0 Å². The SMILES string of the molecule is [CH2]C(O)CCN(C(=O)CCCCCCC/C=C\CCCCCCCC)C(=O)CCCCCCC/C=C\CCCCCCCC. The van der Waals surface area contributed by atoms with E-state index in [1.807, 2.05) is 0 Å². The first kappa shape index (κ1) is 42.6. The predicted molar refractivity (Wildman–Crippen MR) is 192 cm³/mol. The average molecular weight is 617 g/mol. The van der Waals surface area contributed by atoms with Crippen molar-refractivity contribution >= 4 is 11.8 Å². The molecule has 0 bridgehead atoms. The van der Waals surface area contributed by atoms with E-state index in [2.05, 4.69) is 45.1 Å². The van der Waals surface area contributed by atoms with Crippen molar-refractivity contribution < 1.29 is 14.7 Å². The minimum Gasteiger partial charge on any atom is -0.393 e. The number of aliphatic hydroxyl groups is 1. The van der Waals surface area contributed by atoms with E-state index in [1.165, 1.54) is 120 Å². The molecule has 0 aliphatic rings. The third kappa shape index (κ3) is 30.6. The first-order valence-electron chi connectivity index (χ1n) is 19.2. The third-order valence-corrected chi connectivity index (χ3v) is 8.59. The number of nitrogens with zero attached hydrogens (tertiary/aromatic N) is 1. The quantitative estimate of drug-likeness (QED) is 0.0589. The fraction of sp³-hybridized carbons (Fsp3) is 0.825. The Labute approximate surface area is 274 Å². The standard InChI is InChI=1S/C40H74NO3/c1-4-6-8-10-12-14-16-18-20-22-24-26-28-30-32-34-39(43)41(37-36-38(3)42)40(44)35-33-31-29-27-25-23-21-19-17-15-13-11-9-7-5-2/h18-21,38,42H,3-17,22-37H2,1-2H3/b20-18-,21-19-. The number of hydrogen-bond acceptors (Lipinski definition) is 3. The molecule has 257 valence electrons. The smallest absolute Gasteiger partial charge is 0.229 e. The monoisotopic (exact) mass is 617 g/mol. The minimum absolute atomic E-state index is 0.0824. The zero-order chi connectivity index (χ0) is 32.4. The maximum atomic E-state index is 12.9. The molecule has 0 aromatic heterocycles. The lowest BCUT2D eigenvalue weighted by molar-refractivity contribution is -0.145. The van der Waals surface area contributed by atoms with Crippen LogP contribution in [0.1, 0.15) is 200 Å². The second kappa shape index (κ2) is 34.5. The molecule has 4 nitrogen and oxygen atoms in total. The first-order valence-corrected chi connectivity index (χ1v) is 19.2. The highest BCUT2D eigenvalue weighted by atomic mass is 16.3. The molecule has 0 aromatic carbocycles. The van der Waals surface area contributed by atoms with Crippen LogP contribution in [0.5, 0.6) is 0 Å². The molecule has 0 fully saturated rings. The van der Waals surface area contributed by atoms with E-state index in [4.69, 9.17) is 0 Å². The van der Waals surface area contributed by atoms with Crippen molar-refractivity contribution in [2.75, 3.05) is 6.54 Å². The van der Waals surface area contributed by atoms with Crippen molar-refractivity contribution in [1.82, 2.24) is 4.90 Å². The molecule has 4 heteroatoms. The Morgan fingerprint density at radius 3 is 1.14 bits per heavy atom. The van der Waals surface area contributed by atoms with Crippen LogP contribution in [0.2, 0.25) is 0 Å². The molecule has 1 radical (unpaired) electrons. The molecule has 2 amide bonds. The third-order valence-electron chi connectivity index (χ3n) is 8.59. The van der Waals surface area contributed by atoms with E-state index in [0.29, 0.717) is 19.3 Å². The number of carbonyl (C=O) groups excluding carboxylic acids is 2. The molecule has 0 aromatic rings. The molecule has 0 aliphatic carbocycles. The van der Waals surface area contributed by atoms with Gasteiger partial charge in [0.1, 0.15) is 0 Å². The highest BCUT2D eigenvalue weighted by Gasteiger charge is 2.20. The second-order valence-corrected chi connectivity index (χ2v) is 13.1. The predicted octanol–water partition coefficient (Wildman–Crippen LogP) is 12.0. The summed E-state index contributed by atoms with van der Waals surface area (Å²) >= 11 is 0. The van der Waals surface area contributed by atoms with Crippen LogP contribution in [0.25, 0.3) is 0 Å². The van der Waals surface area contributed by atoms with E-state index < -0.39 is 6.10 Å². The summed E-state index contributed by atoms with van der Waals surface area (Å²) in [7, 11) is 0. The van der Waals surface area contributed by atoms with Gasteiger partial charge in [0.25, 0.3) is 0 Å². The number of unbranched alkanes of at least 4 members (excludes halogenated alkanes) is 22. The molecular weight excluding hydrogens is 542 g/mol. The normalized spacial score (nSPS) is 12.5. The zero-order valence-corrected chi connectivity index (χ0v) is 29.5. The van der Waals surface area contributed by atoms with E-state index in [9.17, 15) is 14.7 Å². The fourth-order valence-corrected chi connectivity index (χ4v) is 5.63. The number of aliphatic hydroxyl groups excluding tert-OH is 1. The van der Waals surface area contributed by atoms with E-state index >= 15 is 0 Å². The number of amides is 2. The van der Waals surface area contributed by atoms with Crippen LogP contribution in [-0.2, 0) is 9.59 Å². The van der Waals surface area contributed by atoms with Crippen LogP contribution < -0.4 is 0 Å². The van der Waals surface area contributed by atoms with Crippen LogP contribution in [0.3, 0.4) is 0 Å². The largest absolute Gasteiger partial charge is 0.393 e. The van der Waals surface area contributed by atoms with Gasteiger partial charge in [-0.3, -0.25) is 14.5 Å². The maximum Gasteiger partial charge on any atom is 0.229 e. The van der Waals surface area contributed by atoms with Crippen LogP contribution in [0, 0.1) is 6.92 Å². The van der Waals surface area contributed by atoms with Crippen LogP contribution in [-0.4, -0.2) is 34.5 Å². The molecule has 0 spiro atoms. The van der Waals surface area contributed by atoms with Crippen molar-refractivity contribution in [3.05, 3.63) is 31.2 Å². The van der Waals surface area contributed by atoms with Gasteiger partial charge in [0.05, 0.1) is 6.10 Å². The first-order chi connectivity index (χ1) is 21.5. The van der Waals surface area contributed by atoms with Crippen molar-refractivity contribution in [3.63, 3.8) is 0 Å². The van der Waals surface area contributed by atoms with Crippen LogP contribution >= 0.6 is 0 Å². The fourth-order valence-electron chi connectivity index (χ4n) is 5.63. The Bertz CT molecular complexity index is 632. The van der Waals surface area contributed by atoms with Crippen LogP contribution in [0.15, 0.2) is 24.3 Å². The lowest BCUT2D eigenvalue weighted by atomic mass is 10.1. The molecule has 1 atom stereocenters. The summed E-state index contributed by atoms with van der Waals surface area (Å²) in [6.07, 6.45) is 41.6. The summed E-state index contributed by atoms with van der Waals surface area (Å²) in [5, 5.41) is 9.63. The summed E-state index contributed by atoms with van der Waals surface area (Å²) < 4.78 is 0. The number of imide groups is 1. The maximum absolute atomic E-state index is 12.9. The molecule has 0 aliphatic heterocycles. The summed E-state index contributed by atoms with van der Waals surface area (Å²) in [5.74, 6) is -0.165. The highest BCUT2D eigenvalue weighted by molar-refractivity contribution is 5.95. The number of allylic oxidation sites excluding steroid dienone is 4. The summed E-state index contributed by atoms with van der Waals surface area (Å²) in [6, 6.07) is 0. The Kier molecular flexibility index (Phi) is 33.3. The topological polar surface area (TPSA) is 57.6 Å². The van der Waals surface area contributed by atoms with Gasteiger partial charge in [-0.2, -0.15) is 0 Å². The van der Waals surface area contributed by atoms with Gasteiger partial charge >= 0.3 is 0 Å². The van der Waals surface area contributed by atoms with Gasteiger partial charge in [-0.25, -0.2) is 0 Å². The van der Waals surface area contributed by atoms with Gasteiger partial charge in [-0.1, -0.05) is 141 Å². The van der Waals surface area contributed by atoms with Gasteiger partial charge < -0.3 is 5.11 Å². The number of carbonyl (C=O) groups is 2. The summed E-state index contributed by atoms with van der Waals surface area (Å²) in [6.45, 7) is 8.42. The highest BCUT2D eigenvalue weighted by Crippen LogP contribution is 2.14. The Morgan fingerprint density at radius 2 is 0.818 bits per heavy atom. The second-order valence-electron chi connectivity index (χ2n) is 13.1. The molecule has 0 saturated carbocycles. The molecule has 44 heavy (non-hydrogen) atoms. The minimum atomic E-state index is -0.752. The van der Waals surface area contributed by atoms with Crippen molar-refractivity contribution in [3.8, 4) is 0 Å². The molecule has 0 saturated heterocycles. The molecule has 1 unspecified atom stereocenters. The van der Waals surface area contributed by atoms with Gasteiger partial charge in [0.15, 0.2) is 0 Å². The average Bonchev–Trinajstić information content (AvgIpc) is 3.01. The zero-order valence-electron chi connectivity index (χ0n) is 29.5. The summed E-state index contributed by atoms with van der Waals surface area (Å²) in [5.41, 5.74) is 0. The van der Waals surface area contributed by atoms with E-state index in [0.717, 1.165) is 51.4 Å². The molecule has 0 heterocycles. The lowest BCUT2D eigenvalue weighted by Gasteiger charge is -2.22. The number of hydrogen-bond donors (Lipinski definition) is 1. The van der Waals surface area contributed by atoms with Gasteiger partial charge in [0, 0.05) is 19.4 Å². The van der Waals surface area contributed by atoms with Gasteiger partial charge in [-0.05, 0) is 77.6 Å². The van der Waals surface area contributed by atoms with E-state index in [1.54, 1.807) is 0 Å². The number of rotatable bonds is 33. The van der Waals surface area contributed by atoms with Crippen molar-refractivity contribution in [1.29, 1.82) is 0 Å². The van der Waals surface area contributed by atoms with Gasteiger partial charge in [0.2, 0.25) is 11.8 Å². The summed E-state index contributed by atoms with van der Waals surface area (Å²) in [4.78, 5) is 27.2. The van der Waals surface area contributed by atoms with Crippen molar-refractivity contribution in [2.45, 2.75) is 206 Å². The molecule has 1 N–H and O–H groups in total. The molecule has 0 rings (SSSR count). The molecular formula is C40H74NO3. The Balaban J connectivity index is 3.93. The lowest BCUT2D eigenvalue weighted by Crippen LogP contribution is -2.38.